The first kappa shape index (κ1) is 14.5. The summed E-state index contributed by atoms with van der Waals surface area (Å²) in [6.45, 7) is 2.24. The summed E-state index contributed by atoms with van der Waals surface area (Å²) in [5.74, 6) is -0.500. The van der Waals surface area contributed by atoms with Crippen molar-refractivity contribution in [2.45, 2.75) is 11.1 Å². The maximum absolute atomic E-state index is 12.6. The number of fused-ring (bicyclic) bond motifs is 1. The first-order valence-electron chi connectivity index (χ1n) is 6.71. The molecule has 0 spiro atoms. The Bertz CT molecular complexity index is 681. The molecule has 1 aromatic rings. The van der Waals surface area contributed by atoms with Gasteiger partial charge < -0.3 is 15.3 Å². The minimum Gasteiger partial charge on any atom is -0.367 e. The van der Waals surface area contributed by atoms with Crippen LogP contribution in [0.3, 0.4) is 0 Å². The number of aliphatic hydroxyl groups excluding tert-OH is 1. The minimum absolute atomic E-state index is 0.0926. The highest BCUT2D eigenvalue weighted by molar-refractivity contribution is 7.89. The first-order chi connectivity index (χ1) is 9.89. The molecule has 114 valence electrons. The van der Waals surface area contributed by atoms with Gasteiger partial charge in [-0.3, -0.25) is 4.79 Å². The molecule has 1 aromatic carbocycles. The van der Waals surface area contributed by atoms with Gasteiger partial charge in [0.25, 0.3) is 0 Å². The van der Waals surface area contributed by atoms with Crippen LogP contribution in [0.5, 0.6) is 0 Å². The number of carbonyl (C=O) groups is 1. The highest BCUT2D eigenvalue weighted by Crippen LogP contribution is 2.29. The third kappa shape index (κ3) is 2.44. The fraction of sp³-hybridized carbons (Fsp3) is 0.462. The summed E-state index contributed by atoms with van der Waals surface area (Å²) in [5, 5.41) is 12.1. The summed E-state index contributed by atoms with van der Waals surface area (Å²) >= 11 is 0. The van der Waals surface area contributed by atoms with Crippen LogP contribution in [-0.4, -0.2) is 68.0 Å². The number of nitrogens with zero attached hydrogens (tertiary/aromatic N) is 2. The van der Waals surface area contributed by atoms with Gasteiger partial charge in [0.15, 0.2) is 6.23 Å². The number of aliphatic hydroxyl groups is 1. The Hall–Kier alpha value is -1.48. The average Bonchev–Trinajstić information content (AvgIpc) is 2.74. The lowest BCUT2D eigenvalue weighted by Gasteiger charge is -2.31. The zero-order valence-corrected chi connectivity index (χ0v) is 12.4. The van der Waals surface area contributed by atoms with Gasteiger partial charge in [-0.2, -0.15) is 4.31 Å². The summed E-state index contributed by atoms with van der Waals surface area (Å²) in [5.41, 5.74) is 0.683. The number of carbonyl (C=O) groups excluding carboxylic acids is 1. The molecule has 2 N–H and O–H groups in total. The predicted octanol–water partition coefficient (Wildman–Crippen LogP) is -0.451. The number of ketones is 1. The SMILES string of the molecule is CN1CCN(S(=O)(=O)c2ccc3c(c2)C(=O)C(O)N3)CC1. The highest BCUT2D eigenvalue weighted by Gasteiger charge is 2.32. The summed E-state index contributed by atoms with van der Waals surface area (Å²) in [4.78, 5) is 13.9. The van der Waals surface area contributed by atoms with E-state index in [-0.39, 0.29) is 10.5 Å². The van der Waals surface area contributed by atoms with Crippen LogP contribution in [0.25, 0.3) is 0 Å². The highest BCUT2D eigenvalue weighted by atomic mass is 32.2. The molecular weight excluding hydrogens is 294 g/mol. The summed E-state index contributed by atoms with van der Waals surface area (Å²) in [6.07, 6.45) is -1.29. The van der Waals surface area contributed by atoms with Crippen molar-refractivity contribution in [3.05, 3.63) is 23.8 Å². The number of likely N-dealkylation sites (N-methyl/N-ethyl adjacent to an activating group) is 1. The van der Waals surface area contributed by atoms with Gasteiger partial charge in [-0.05, 0) is 25.2 Å². The van der Waals surface area contributed by atoms with E-state index in [1.54, 1.807) is 0 Å². The lowest BCUT2D eigenvalue weighted by atomic mass is 10.1. The number of rotatable bonds is 2. The van der Waals surface area contributed by atoms with Crippen LogP contribution < -0.4 is 5.32 Å². The molecule has 0 aliphatic carbocycles. The smallest absolute Gasteiger partial charge is 0.243 e. The molecule has 21 heavy (non-hydrogen) atoms. The first-order valence-corrected chi connectivity index (χ1v) is 8.15. The number of benzene rings is 1. The Morgan fingerprint density at radius 3 is 2.57 bits per heavy atom. The van der Waals surface area contributed by atoms with Crippen LogP contribution in [0, 0.1) is 0 Å². The topological polar surface area (TPSA) is 90.0 Å². The van der Waals surface area contributed by atoms with Crippen LogP contribution in [0.4, 0.5) is 5.69 Å². The number of piperazine rings is 1. The van der Waals surface area contributed by atoms with Crippen LogP contribution in [0.2, 0.25) is 0 Å². The van der Waals surface area contributed by atoms with Crippen LogP contribution in [0.15, 0.2) is 23.1 Å². The van der Waals surface area contributed by atoms with E-state index in [1.165, 1.54) is 22.5 Å². The number of sulfonamides is 1. The summed E-state index contributed by atoms with van der Waals surface area (Å²) < 4.78 is 26.6. The Balaban J connectivity index is 1.92. The van der Waals surface area contributed by atoms with Crippen LogP contribution in [-0.2, 0) is 10.0 Å². The van der Waals surface area contributed by atoms with Crippen molar-refractivity contribution in [3.63, 3.8) is 0 Å². The monoisotopic (exact) mass is 311 g/mol. The van der Waals surface area contributed by atoms with Crippen molar-refractivity contribution in [3.8, 4) is 0 Å². The van der Waals surface area contributed by atoms with Gasteiger partial charge in [0, 0.05) is 37.4 Å². The van der Waals surface area contributed by atoms with Crippen molar-refractivity contribution in [2.75, 3.05) is 38.5 Å². The van der Waals surface area contributed by atoms with E-state index < -0.39 is 22.0 Å². The molecule has 2 aliphatic heterocycles. The van der Waals surface area contributed by atoms with Crippen molar-refractivity contribution in [1.29, 1.82) is 0 Å². The molecule has 8 heteroatoms. The lowest BCUT2D eigenvalue weighted by molar-refractivity contribution is 0.0814. The van der Waals surface area contributed by atoms with Gasteiger partial charge >= 0.3 is 0 Å². The fourth-order valence-electron chi connectivity index (χ4n) is 2.55. The van der Waals surface area contributed by atoms with Crippen molar-refractivity contribution < 1.29 is 18.3 Å². The number of nitrogens with one attached hydrogen (secondary N) is 1. The molecule has 7 nitrogen and oxygen atoms in total. The molecule has 0 saturated carbocycles. The van der Waals surface area contributed by atoms with Gasteiger partial charge in [-0.25, -0.2) is 8.42 Å². The van der Waals surface area contributed by atoms with Crippen molar-refractivity contribution in [1.82, 2.24) is 9.21 Å². The van der Waals surface area contributed by atoms with E-state index in [0.29, 0.717) is 31.9 Å². The third-order valence-electron chi connectivity index (χ3n) is 3.90. The van der Waals surface area contributed by atoms with Gasteiger partial charge in [0.2, 0.25) is 15.8 Å². The number of anilines is 1. The molecule has 1 saturated heterocycles. The molecular formula is C13H17N3O4S. The molecule has 1 fully saturated rings. The van der Waals surface area contributed by atoms with E-state index >= 15 is 0 Å². The van der Waals surface area contributed by atoms with E-state index in [9.17, 15) is 18.3 Å². The van der Waals surface area contributed by atoms with Crippen LogP contribution >= 0.6 is 0 Å². The number of hydrogen-bond donors (Lipinski definition) is 2. The Morgan fingerprint density at radius 1 is 1.24 bits per heavy atom. The zero-order chi connectivity index (χ0) is 15.2. The molecule has 0 bridgehead atoms. The second-order valence-corrected chi connectivity index (χ2v) is 7.26. The maximum Gasteiger partial charge on any atom is 0.243 e. The van der Waals surface area contributed by atoms with Gasteiger partial charge in [-0.15, -0.1) is 0 Å². The van der Waals surface area contributed by atoms with Crippen molar-refractivity contribution >= 4 is 21.5 Å². The van der Waals surface area contributed by atoms with Crippen LogP contribution in [0.1, 0.15) is 10.4 Å². The summed E-state index contributed by atoms with van der Waals surface area (Å²) in [7, 11) is -1.65. The molecule has 2 heterocycles. The third-order valence-corrected chi connectivity index (χ3v) is 5.79. The van der Waals surface area contributed by atoms with E-state index in [0.717, 1.165) is 0 Å². The maximum atomic E-state index is 12.6. The Morgan fingerprint density at radius 2 is 1.90 bits per heavy atom. The molecule has 2 aliphatic rings. The summed E-state index contributed by atoms with van der Waals surface area (Å²) in [6, 6.07) is 4.33. The van der Waals surface area contributed by atoms with E-state index in [4.69, 9.17) is 0 Å². The Labute approximate surface area is 123 Å². The van der Waals surface area contributed by atoms with E-state index in [1.807, 2.05) is 7.05 Å². The minimum atomic E-state index is -3.60. The second kappa shape index (κ2) is 5.06. The Kier molecular flexibility index (Phi) is 3.48. The van der Waals surface area contributed by atoms with E-state index in [2.05, 4.69) is 10.2 Å². The fourth-order valence-corrected chi connectivity index (χ4v) is 4.00. The normalized spacial score (nSPS) is 23.9. The molecule has 0 radical (unpaired) electrons. The number of hydrogen-bond acceptors (Lipinski definition) is 6. The predicted molar refractivity (Wildman–Crippen MR) is 76.7 cm³/mol. The van der Waals surface area contributed by atoms with Gasteiger partial charge in [0.1, 0.15) is 0 Å². The molecule has 1 unspecified atom stereocenters. The molecule has 1 atom stereocenters. The molecule has 0 aromatic heterocycles. The van der Waals surface area contributed by atoms with Gasteiger partial charge in [-0.1, -0.05) is 0 Å². The van der Waals surface area contributed by atoms with Crippen molar-refractivity contribution in [2.24, 2.45) is 0 Å². The number of Topliss-reactive ketones (excluding diaryl/α,β-unsaturated/α-hetero) is 1. The quantitative estimate of drug-likeness (QED) is 0.769. The standard InChI is InChI=1S/C13H17N3O4S/c1-15-4-6-16(7-5-15)21(19,20)9-2-3-11-10(8-9)12(17)13(18)14-11/h2-3,8,13-14,18H,4-7H2,1H3. The molecule has 3 rings (SSSR count). The zero-order valence-electron chi connectivity index (χ0n) is 11.6. The largest absolute Gasteiger partial charge is 0.367 e. The van der Waals surface area contributed by atoms with Gasteiger partial charge in [0.05, 0.1) is 4.90 Å². The molecule has 0 amide bonds. The average molecular weight is 311 g/mol. The second-order valence-electron chi connectivity index (χ2n) is 5.33. The lowest BCUT2D eigenvalue weighted by Crippen LogP contribution is -2.47.